The Bertz CT molecular complexity index is 611. The highest BCUT2D eigenvalue weighted by Gasteiger charge is 2.18. The first kappa shape index (κ1) is 15.2. The molecular formula is C12H12Cl2N4OS. The van der Waals surface area contributed by atoms with Crippen molar-refractivity contribution in [2.75, 3.05) is 5.32 Å². The van der Waals surface area contributed by atoms with E-state index in [0.717, 1.165) is 0 Å². The van der Waals surface area contributed by atoms with Crippen LogP contribution in [0.3, 0.4) is 0 Å². The molecule has 0 fully saturated rings. The van der Waals surface area contributed by atoms with Crippen molar-refractivity contribution >= 4 is 46.6 Å². The molecule has 1 heterocycles. The molecule has 2 rings (SSSR count). The standard InChI is InChI=1S/C12H12Cl2N4OS/c1-6(20-12-15-7(2)17-18-12)11(19)16-10-8(13)4-3-5-9(10)14/h3-6H,1-2H3,(H,16,19)(H,15,17,18). The van der Waals surface area contributed by atoms with Gasteiger partial charge in [-0.05, 0) is 26.0 Å². The maximum Gasteiger partial charge on any atom is 0.237 e. The van der Waals surface area contributed by atoms with Crippen LogP contribution < -0.4 is 5.32 Å². The van der Waals surface area contributed by atoms with E-state index in [-0.39, 0.29) is 11.2 Å². The molecule has 0 radical (unpaired) electrons. The summed E-state index contributed by atoms with van der Waals surface area (Å²) in [6.45, 7) is 3.56. The number of H-pyrrole nitrogens is 1. The Balaban J connectivity index is 2.04. The molecule has 2 aromatic rings. The number of hydrogen-bond donors (Lipinski definition) is 2. The number of thioether (sulfide) groups is 1. The predicted molar refractivity (Wildman–Crippen MR) is 81.5 cm³/mol. The number of carbonyl (C=O) groups is 1. The first-order valence-corrected chi connectivity index (χ1v) is 7.41. The smallest absolute Gasteiger partial charge is 0.237 e. The lowest BCUT2D eigenvalue weighted by Gasteiger charge is -2.12. The first-order chi connectivity index (χ1) is 9.47. The van der Waals surface area contributed by atoms with Crippen molar-refractivity contribution in [3.8, 4) is 0 Å². The van der Waals surface area contributed by atoms with Gasteiger partial charge in [0.15, 0.2) is 0 Å². The van der Waals surface area contributed by atoms with Gasteiger partial charge in [-0.3, -0.25) is 9.89 Å². The molecule has 1 atom stereocenters. The van der Waals surface area contributed by atoms with Crippen LogP contribution in [0.25, 0.3) is 0 Å². The lowest BCUT2D eigenvalue weighted by atomic mass is 10.3. The summed E-state index contributed by atoms with van der Waals surface area (Å²) < 4.78 is 0. The van der Waals surface area contributed by atoms with E-state index in [1.165, 1.54) is 11.8 Å². The van der Waals surface area contributed by atoms with Crippen LogP contribution in [0.5, 0.6) is 0 Å². The van der Waals surface area contributed by atoms with E-state index in [1.807, 2.05) is 0 Å². The van der Waals surface area contributed by atoms with E-state index in [0.29, 0.717) is 26.7 Å². The molecule has 106 valence electrons. The zero-order valence-electron chi connectivity index (χ0n) is 10.8. The van der Waals surface area contributed by atoms with E-state index in [2.05, 4.69) is 20.5 Å². The third kappa shape index (κ3) is 3.65. The van der Waals surface area contributed by atoms with Gasteiger partial charge in [-0.15, -0.1) is 5.10 Å². The van der Waals surface area contributed by atoms with Gasteiger partial charge < -0.3 is 5.32 Å². The van der Waals surface area contributed by atoms with Crippen molar-refractivity contribution in [1.82, 2.24) is 15.2 Å². The fraction of sp³-hybridized carbons (Fsp3) is 0.250. The Labute approximate surface area is 130 Å². The number of nitrogens with zero attached hydrogens (tertiary/aromatic N) is 2. The highest BCUT2D eigenvalue weighted by atomic mass is 35.5. The number of anilines is 1. The molecule has 0 spiro atoms. The van der Waals surface area contributed by atoms with Crippen molar-refractivity contribution in [3.63, 3.8) is 0 Å². The van der Waals surface area contributed by atoms with E-state index >= 15 is 0 Å². The van der Waals surface area contributed by atoms with Gasteiger partial charge in [-0.2, -0.15) is 0 Å². The minimum absolute atomic E-state index is 0.215. The van der Waals surface area contributed by atoms with Gasteiger partial charge in [-0.25, -0.2) is 4.98 Å². The summed E-state index contributed by atoms with van der Waals surface area (Å²) in [5, 5.41) is 10.4. The average molecular weight is 331 g/mol. The molecule has 0 saturated heterocycles. The van der Waals surface area contributed by atoms with Gasteiger partial charge in [0.1, 0.15) is 5.82 Å². The third-order valence-corrected chi connectivity index (χ3v) is 4.03. The maximum absolute atomic E-state index is 12.1. The summed E-state index contributed by atoms with van der Waals surface area (Å²) in [4.78, 5) is 16.3. The monoisotopic (exact) mass is 330 g/mol. The zero-order valence-corrected chi connectivity index (χ0v) is 13.1. The number of rotatable bonds is 4. The normalized spacial score (nSPS) is 12.2. The predicted octanol–water partition coefficient (Wildman–Crippen LogP) is 3.54. The molecule has 0 aliphatic heterocycles. The van der Waals surface area contributed by atoms with Gasteiger partial charge in [0.2, 0.25) is 11.1 Å². The zero-order chi connectivity index (χ0) is 14.7. The Morgan fingerprint density at radius 3 is 2.60 bits per heavy atom. The first-order valence-electron chi connectivity index (χ1n) is 5.78. The van der Waals surface area contributed by atoms with Crippen LogP contribution in [0.2, 0.25) is 10.0 Å². The number of carbonyl (C=O) groups excluding carboxylic acids is 1. The van der Waals surface area contributed by atoms with Gasteiger partial charge >= 0.3 is 0 Å². The molecule has 5 nitrogen and oxygen atoms in total. The molecule has 0 bridgehead atoms. The number of benzene rings is 1. The number of hydrogen-bond acceptors (Lipinski definition) is 4. The van der Waals surface area contributed by atoms with Crippen LogP contribution in [0.4, 0.5) is 5.69 Å². The van der Waals surface area contributed by atoms with Crippen molar-refractivity contribution in [1.29, 1.82) is 0 Å². The SMILES string of the molecule is Cc1nc(SC(C)C(=O)Nc2c(Cl)cccc2Cl)n[nH]1. The molecule has 0 aliphatic rings. The molecule has 2 N–H and O–H groups in total. The van der Waals surface area contributed by atoms with Crippen LogP contribution in [-0.4, -0.2) is 26.3 Å². The van der Waals surface area contributed by atoms with Crippen LogP contribution in [0.15, 0.2) is 23.4 Å². The van der Waals surface area contributed by atoms with Crippen LogP contribution >= 0.6 is 35.0 Å². The number of nitrogens with one attached hydrogen (secondary N) is 2. The van der Waals surface area contributed by atoms with Gasteiger partial charge in [0.05, 0.1) is 21.0 Å². The molecular weight excluding hydrogens is 319 g/mol. The van der Waals surface area contributed by atoms with Gasteiger partial charge in [0.25, 0.3) is 0 Å². The highest BCUT2D eigenvalue weighted by molar-refractivity contribution is 8.00. The van der Waals surface area contributed by atoms with E-state index < -0.39 is 0 Å². The number of amides is 1. The van der Waals surface area contributed by atoms with Crippen molar-refractivity contribution < 1.29 is 4.79 Å². The Kier molecular flexibility index (Phi) is 4.91. The molecule has 1 unspecified atom stereocenters. The van der Waals surface area contributed by atoms with E-state index in [4.69, 9.17) is 23.2 Å². The van der Waals surface area contributed by atoms with Gasteiger partial charge in [0, 0.05) is 0 Å². The van der Waals surface area contributed by atoms with Crippen LogP contribution in [0, 0.1) is 6.92 Å². The third-order valence-electron chi connectivity index (χ3n) is 2.44. The molecule has 20 heavy (non-hydrogen) atoms. The highest BCUT2D eigenvalue weighted by Crippen LogP contribution is 2.30. The summed E-state index contributed by atoms with van der Waals surface area (Å²) in [6, 6.07) is 5.05. The Hall–Kier alpha value is -1.24. The van der Waals surface area contributed by atoms with Crippen molar-refractivity contribution in [2.45, 2.75) is 24.3 Å². The summed E-state index contributed by atoms with van der Waals surface area (Å²) in [6.07, 6.45) is 0. The van der Waals surface area contributed by atoms with Crippen molar-refractivity contribution in [3.05, 3.63) is 34.1 Å². The number of aromatic amines is 1. The lowest BCUT2D eigenvalue weighted by Crippen LogP contribution is -2.22. The second kappa shape index (κ2) is 6.47. The summed E-state index contributed by atoms with van der Waals surface area (Å²) in [7, 11) is 0. The van der Waals surface area contributed by atoms with Crippen LogP contribution in [-0.2, 0) is 4.79 Å². The van der Waals surface area contributed by atoms with E-state index in [1.54, 1.807) is 32.0 Å². The Morgan fingerprint density at radius 1 is 1.40 bits per heavy atom. The molecule has 8 heteroatoms. The maximum atomic E-state index is 12.1. The second-order valence-corrected chi connectivity index (χ2v) is 6.17. The quantitative estimate of drug-likeness (QED) is 0.841. The van der Waals surface area contributed by atoms with Gasteiger partial charge in [-0.1, -0.05) is 41.0 Å². The second-order valence-electron chi connectivity index (χ2n) is 4.05. The molecule has 0 saturated carbocycles. The topological polar surface area (TPSA) is 70.7 Å². The largest absolute Gasteiger partial charge is 0.323 e. The van der Waals surface area contributed by atoms with Crippen LogP contribution in [0.1, 0.15) is 12.7 Å². The Morgan fingerprint density at radius 2 is 2.05 bits per heavy atom. The lowest BCUT2D eigenvalue weighted by molar-refractivity contribution is -0.115. The van der Waals surface area contributed by atoms with E-state index in [9.17, 15) is 4.79 Å². The summed E-state index contributed by atoms with van der Waals surface area (Å²) >= 11 is 13.3. The number of halogens is 2. The average Bonchev–Trinajstić information content (AvgIpc) is 2.79. The van der Waals surface area contributed by atoms with Crippen molar-refractivity contribution in [2.24, 2.45) is 0 Å². The number of aromatic nitrogens is 3. The molecule has 1 amide bonds. The fourth-order valence-electron chi connectivity index (χ4n) is 1.43. The number of para-hydroxylation sites is 1. The minimum atomic E-state index is -0.377. The summed E-state index contributed by atoms with van der Waals surface area (Å²) in [5.74, 6) is 0.488. The minimum Gasteiger partial charge on any atom is -0.323 e. The summed E-state index contributed by atoms with van der Waals surface area (Å²) in [5.41, 5.74) is 0.416. The molecule has 0 aliphatic carbocycles. The molecule has 1 aromatic carbocycles. The fourth-order valence-corrected chi connectivity index (χ4v) is 2.69. The number of aryl methyl sites for hydroxylation is 1. The molecule has 1 aromatic heterocycles.